The molecule has 24 heavy (non-hydrogen) atoms. The molecular formula is C17H14F2N4O. The first-order valence-electron chi connectivity index (χ1n) is 7.25. The van der Waals surface area contributed by atoms with Gasteiger partial charge in [-0.05, 0) is 42.8 Å². The highest BCUT2D eigenvalue weighted by molar-refractivity contribution is 5.94. The number of hydrogen-bond acceptors (Lipinski definition) is 3. The molecule has 1 atom stereocenters. The SMILES string of the molecule is CC(NC(=O)c1cc(F)ccc1F)c1ccc(-n2cncn2)cc1. The van der Waals surface area contributed by atoms with Crippen molar-refractivity contribution in [3.63, 3.8) is 0 Å². The van der Waals surface area contributed by atoms with Crippen LogP contribution in [0.2, 0.25) is 0 Å². The van der Waals surface area contributed by atoms with Crippen molar-refractivity contribution < 1.29 is 13.6 Å². The summed E-state index contributed by atoms with van der Waals surface area (Å²) in [5.74, 6) is -2.09. The average molecular weight is 328 g/mol. The Morgan fingerprint density at radius 2 is 1.92 bits per heavy atom. The molecule has 1 unspecified atom stereocenters. The van der Waals surface area contributed by atoms with Gasteiger partial charge in [-0.25, -0.2) is 18.4 Å². The Labute approximate surface area is 137 Å². The van der Waals surface area contributed by atoms with Gasteiger partial charge in [0, 0.05) is 0 Å². The van der Waals surface area contributed by atoms with E-state index in [1.807, 2.05) is 24.3 Å². The zero-order chi connectivity index (χ0) is 17.1. The largest absolute Gasteiger partial charge is 0.345 e. The summed E-state index contributed by atoms with van der Waals surface area (Å²) in [5.41, 5.74) is 1.33. The minimum atomic E-state index is -0.761. The quantitative estimate of drug-likeness (QED) is 0.801. The molecule has 1 amide bonds. The molecule has 2 aromatic carbocycles. The van der Waals surface area contributed by atoms with Crippen LogP contribution < -0.4 is 5.32 Å². The van der Waals surface area contributed by atoms with Gasteiger partial charge in [0.1, 0.15) is 24.3 Å². The molecule has 0 saturated carbocycles. The van der Waals surface area contributed by atoms with E-state index in [4.69, 9.17) is 0 Å². The molecule has 1 heterocycles. The number of carbonyl (C=O) groups excluding carboxylic acids is 1. The summed E-state index contributed by atoms with van der Waals surface area (Å²) in [5, 5.41) is 6.68. The van der Waals surface area contributed by atoms with E-state index in [2.05, 4.69) is 15.4 Å². The first-order chi connectivity index (χ1) is 11.5. The van der Waals surface area contributed by atoms with Gasteiger partial charge < -0.3 is 5.32 Å². The van der Waals surface area contributed by atoms with Crippen LogP contribution in [0.4, 0.5) is 8.78 Å². The number of nitrogens with zero attached hydrogens (tertiary/aromatic N) is 3. The highest BCUT2D eigenvalue weighted by atomic mass is 19.1. The number of aromatic nitrogens is 3. The Morgan fingerprint density at radius 3 is 2.58 bits per heavy atom. The lowest BCUT2D eigenvalue weighted by molar-refractivity contribution is 0.0935. The standard InChI is InChI=1S/C17H14F2N4O/c1-11(22-17(24)15-8-13(18)4-7-16(15)19)12-2-5-14(6-3-12)23-10-20-9-21-23/h2-11H,1H3,(H,22,24). The third-order valence-electron chi connectivity index (χ3n) is 3.60. The summed E-state index contributed by atoms with van der Waals surface area (Å²) in [6.45, 7) is 1.76. The van der Waals surface area contributed by atoms with E-state index in [1.165, 1.54) is 6.33 Å². The number of nitrogens with one attached hydrogen (secondary N) is 1. The van der Waals surface area contributed by atoms with Crippen LogP contribution >= 0.6 is 0 Å². The summed E-state index contributed by atoms with van der Waals surface area (Å²) in [6, 6.07) is 9.72. The number of benzene rings is 2. The number of rotatable bonds is 4. The van der Waals surface area contributed by atoms with Crippen molar-refractivity contribution in [3.8, 4) is 5.69 Å². The van der Waals surface area contributed by atoms with E-state index in [9.17, 15) is 13.6 Å². The second kappa shape index (κ2) is 6.57. The molecule has 0 spiro atoms. The molecule has 0 radical (unpaired) electrons. The fraction of sp³-hybridized carbons (Fsp3) is 0.118. The first kappa shape index (κ1) is 15.8. The van der Waals surface area contributed by atoms with Crippen molar-refractivity contribution >= 4 is 5.91 Å². The third-order valence-corrected chi connectivity index (χ3v) is 3.60. The fourth-order valence-electron chi connectivity index (χ4n) is 2.29. The monoisotopic (exact) mass is 328 g/mol. The van der Waals surface area contributed by atoms with Crippen molar-refractivity contribution in [2.24, 2.45) is 0 Å². The van der Waals surface area contributed by atoms with Gasteiger partial charge in [-0.2, -0.15) is 5.10 Å². The molecule has 1 aromatic heterocycles. The Hall–Kier alpha value is -3.09. The van der Waals surface area contributed by atoms with Gasteiger partial charge in [-0.3, -0.25) is 4.79 Å². The predicted molar refractivity (Wildman–Crippen MR) is 83.6 cm³/mol. The van der Waals surface area contributed by atoms with Gasteiger partial charge in [0.05, 0.1) is 17.3 Å². The molecule has 0 aliphatic heterocycles. The zero-order valence-electron chi connectivity index (χ0n) is 12.8. The number of amides is 1. The summed E-state index contributed by atoms with van der Waals surface area (Å²) in [7, 11) is 0. The van der Waals surface area contributed by atoms with Gasteiger partial charge in [0.2, 0.25) is 0 Å². The first-order valence-corrected chi connectivity index (χ1v) is 7.25. The Bertz CT molecular complexity index is 848. The fourth-order valence-corrected chi connectivity index (χ4v) is 2.29. The van der Waals surface area contributed by atoms with Crippen LogP contribution in [0, 0.1) is 11.6 Å². The van der Waals surface area contributed by atoms with Crippen molar-refractivity contribution in [1.82, 2.24) is 20.1 Å². The Kier molecular flexibility index (Phi) is 4.33. The molecule has 0 aliphatic rings. The number of halogens is 2. The van der Waals surface area contributed by atoms with Crippen LogP contribution in [0.25, 0.3) is 5.69 Å². The number of carbonyl (C=O) groups is 1. The summed E-state index contributed by atoms with van der Waals surface area (Å²) < 4.78 is 28.4. The van der Waals surface area contributed by atoms with E-state index in [0.29, 0.717) is 0 Å². The van der Waals surface area contributed by atoms with Crippen LogP contribution in [0.5, 0.6) is 0 Å². The maximum Gasteiger partial charge on any atom is 0.254 e. The number of hydrogen-bond donors (Lipinski definition) is 1. The van der Waals surface area contributed by atoms with E-state index in [1.54, 1.807) is 17.9 Å². The average Bonchev–Trinajstić information content (AvgIpc) is 3.11. The highest BCUT2D eigenvalue weighted by Crippen LogP contribution is 2.17. The molecule has 122 valence electrons. The van der Waals surface area contributed by atoms with E-state index < -0.39 is 17.5 Å². The van der Waals surface area contributed by atoms with E-state index in [-0.39, 0.29) is 11.6 Å². The van der Waals surface area contributed by atoms with Crippen LogP contribution in [-0.4, -0.2) is 20.7 Å². The second-order valence-corrected chi connectivity index (χ2v) is 5.25. The lowest BCUT2D eigenvalue weighted by Crippen LogP contribution is -2.27. The minimum Gasteiger partial charge on any atom is -0.345 e. The van der Waals surface area contributed by atoms with Crippen molar-refractivity contribution in [2.45, 2.75) is 13.0 Å². The maximum absolute atomic E-state index is 13.6. The van der Waals surface area contributed by atoms with Crippen molar-refractivity contribution in [2.75, 3.05) is 0 Å². The van der Waals surface area contributed by atoms with Gasteiger partial charge in [0.15, 0.2) is 0 Å². The van der Waals surface area contributed by atoms with Crippen molar-refractivity contribution in [1.29, 1.82) is 0 Å². The van der Waals surface area contributed by atoms with E-state index in [0.717, 1.165) is 29.4 Å². The Balaban J connectivity index is 1.73. The van der Waals surface area contributed by atoms with Crippen LogP contribution in [0.15, 0.2) is 55.1 Å². The van der Waals surface area contributed by atoms with Gasteiger partial charge in [-0.1, -0.05) is 12.1 Å². The smallest absolute Gasteiger partial charge is 0.254 e. The third kappa shape index (κ3) is 3.29. The summed E-state index contributed by atoms with van der Waals surface area (Å²) in [6.07, 6.45) is 3.01. The van der Waals surface area contributed by atoms with Crippen LogP contribution in [-0.2, 0) is 0 Å². The minimum absolute atomic E-state index is 0.318. The van der Waals surface area contributed by atoms with Crippen LogP contribution in [0.3, 0.4) is 0 Å². The molecule has 0 aliphatic carbocycles. The summed E-state index contributed by atoms with van der Waals surface area (Å²) in [4.78, 5) is 16.0. The molecule has 1 N–H and O–H groups in total. The Morgan fingerprint density at radius 1 is 1.17 bits per heavy atom. The molecular weight excluding hydrogens is 314 g/mol. The van der Waals surface area contributed by atoms with Crippen LogP contribution in [0.1, 0.15) is 28.9 Å². The van der Waals surface area contributed by atoms with Crippen molar-refractivity contribution in [3.05, 3.63) is 77.9 Å². The summed E-state index contributed by atoms with van der Waals surface area (Å²) >= 11 is 0. The molecule has 0 bridgehead atoms. The molecule has 5 nitrogen and oxygen atoms in total. The highest BCUT2D eigenvalue weighted by Gasteiger charge is 2.16. The molecule has 0 saturated heterocycles. The van der Waals surface area contributed by atoms with E-state index >= 15 is 0 Å². The van der Waals surface area contributed by atoms with Gasteiger partial charge in [0.25, 0.3) is 5.91 Å². The van der Waals surface area contributed by atoms with Gasteiger partial charge in [-0.15, -0.1) is 0 Å². The lowest BCUT2D eigenvalue weighted by atomic mass is 10.1. The maximum atomic E-state index is 13.6. The molecule has 7 heteroatoms. The molecule has 3 rings (SSSR count). The topological polar surface area (TPSA) is 59.8 Å². The predicted octanol–water partition coefficient (Wildman–Crippen LogP) is 3.04. The van der Waals surface area contributed by atoms with Gasteiger partial charge >= 0.3 is 0 Å². The zero-order valence-corrected chi connectivity index (χ0v) is 12.8. The normalized spacial score (nSPS) is 12.0. The molecule has 3 aromatic rings. The second-order valence-electron chi connectivity index (χ2n) is 5.25. The lowest BCUT2D eigenvalue weighted by Gasteiger charge is -2.15. The molecule has 0 fully saturated rings.